The zero-order valence-electron chi connectivity index (χ0n) is 11.8. The summed E-state index contributed by atoms with van der Waals surface area (Å²) in [6, 6.07) is 4.84. The number of halogens is 1. The highest BCUT2D eigenvalue weighted by atomic mass is 32.2. The molecule has 2 atom stereocenters. The van der Waals surface area contributed by atoms with Gasteiger partial charge in [0, 0.05) is 18.6 Å². The topological polar surface area (TPSA) is 63.4 Å². The first-order valence-corrected chi connectivity index (χ1v) is 8.54. The normalized spacial score (nSPS) is 23.1. The molecule has 2 unspecified atom stereocenters. The zero-order valence-corrected chi connectivity index (χ0v) is 12.7. The number of rotatable bonds is 4. The zero-order chi connectivity index (χ0) is 14.9. The highest BCUT2D eigenvalue weighted by molar-refractivity contribution is 7.91. The molecule has 2 rings (SSSR count). The van der Waals surface area contributed by atoms with Crippen LogP contribution in [0.2, 0.25) is 0 Å². The van der Waals surface area contributed by atoms with E-state index in [9.17, 15) is 12.8 Å². The summed E-state index contributed by atoms with van der Waals surface area (Å²) in [6.45, 7) is 2.09. The van der Waals surface area contributed by atoms with E-state index in [0.717, 1.165) is 5.56 Å². The van der Waals surface area contributed by atoms with Gasteiger partial charge in [-0.25, -0.2) is 12.8 Å². The Morgan fingerprint density at radius 3 is 2.70 bits per heavy atom. The number of likely N-dealkylation sites (N-methyl/N-ethyl adjacent to an activating group) is 1. The Morgan fingerprint density at radius 2 is 2.20 bits per heavy atom. The average molecular weight is 300 g/mol. The Kier molecular flexibility index (Phi) is 4.46. The summed E-state index contributed by atoms with van der Waals surface area (Å²) in [5, 5.41) is 0. The highest BCUT2D eigenvalue weighted by Crippen LogP contribution is 2.26. The fourth-order valence-corrected chi connectivity index (χ4v) is 4.55. The van der Waals surface area contributed by atoms with Crippen molar-refractivity contribution in [2.24, 2.45) is 5.73 Å². The minimum atomic E-state index is -2.92. The Hall–Kier alpha value is -0.980. The quantitative estimate of drug-likeness (QED) is 0.909. The number of nitrogens with zero attached hydrogens (tertiary/aromatic N) is 1. The molecule has 112 valence electrons. The molecule has 1 aromatic rings. The van der Waals surface area contributed by atoms with Crippen molar-refractivity contribution in [3.05, 3.63) is 35.1 Å². The Bertz CT molecular complexity index is 589. The van der Waals surface area contributed by atoms with Gasteiger partial charge in [0.05, 0.1) is 11.5 Å². The second-order valence-electron chi connectivity index (χ2n) is 5.48. The van der Waals surface area contributed by atoms with Gasteiger partial charge in [-0.1, -0.05) is 12.1 Å². The molecule has 0 radical (unpaired) electrons. The van der Waals surface area contributed by atoms with Gasteiger partial charge in [0.1, 0.15) is 5.82 Å². The Morgan fingerprint density at radius 1 is 1.50 bits per heavy atom. The van der Waals surface area contributed by atoms with E-state index in [2.05, 4.69) is 0 Å². The van der Waals surface area contributed by atoms with Gasteiger partial charge < -0.3 is 5.73 Å². The van der Waals surface area contributed by atoms with Gasteiger partial charge in [-0.15, -0.1) is 0 Å². The molecule has 0 aromatic heterocycles. The third-order valence-corrected chi connectivity index (χ3v) is 5.82. The predicted molar refractivity (Wildman–Crippen MR) is 77.8 cm³/mol. The third-order valence-electron chi connectivity index (χ3n) is 4.07. The lowest BCUT2D eigenvalue weighted by Crippen LogP contribution is -2.39. The Balaban J connectivity index is 2.21. The number of hydrogen-bond donors (Lipinski definition) is 1. The van der Waals surface area contributed by atoms with E-state index in [1.807, 2.05) is 11.9 Å². The molecule has 0 bridgehead atoms. The van der Waals surface area contributed by atoms with Gasteiger partial charge in [0.2, 0.25) is 0 Å². The number of nitrogens with two attached hydrogens (primary N) is 1. The van der Waals surface area contributed by atoms with Crippen molar-refractivity contribution < 1.29 is 12.8 Å². The maximum Gasteiger partial charge on any atom is 0.151 e. The first-order chi connectivity index (χ1) is 9.34. The SMILES string of the molecule is Cc1cc(C(CN)N(C)C2CCS(=O)(=O)C2)ccc1F. The first-order valence-electron chi connectivity index (χ1n) is 6.72. The van der Waals surface area contributed by atoms with Gasteiger partial charge >= 0.3 is 0 Å². The minimum Gasteiger partial charge on any atom is -0.329 e. The Labute approximate surface area is 119 Å². The fraction of sp³-hybridized carbons (Fsp3) is 0.571. The van der Waals surface area contributed by atoms with Crippen molar-refractivity contribution in [3.63, 3.8) is 0 Å². The fourth-order valence-electron chi connectivity index (χ4n) is 2.76. The summed E-state index contributed by atoms with van der Waals surface area (Å²) < 4.78 is 36.5. The van der Waals surface area contributed by atoms with Crippen molar-refractivity contribution in [2.75, 3.05) is 25.1 Å². The third kappa shape index (κ3) is 3.19. The largest absolute Gasteiger partial charge is 0.329 e. The van der Waals surface area contributed by atoms with E-state index in [4.69, 9.17) is 5.73 Å². The van der Waals surface area contributed by atoms with E-state index >= 15 is 0 Å². The van der Waals surface area contributed by atoms with Gasteiger partial charge in [0.25, 0.3) is 0 Å². The lowest BCUT2D eigenvalue weighted by atomic mass is 10.0. The van der Waals surface area contributed by atoms with Crippen LogP contribution in [0, 0.1) is 12.7 Å². The van der Waals surface area contributed by atoms with Crippen LogP contribution < -0.4 is 5.73 Å². The van der Waals surface area contributed by atoms with Crippen LogP contribution in [0.5, 0.6) is 0 Å². The summed E-state index contributed by atoms with van der Waals surface area (Å²) in [5.74, 6) is 0.178. The molecule has 1 aromatic carbocycles. The summed E-state index contributed by atoms with van der Waals surface area (Å²) in [4.78, 5) is 2.01. The minimum absolute atomic E-state index is 0.0149. The van der Waals surface area contributed by atoms with Crippen LogP contribution in [0.15, 0.2) is 18.2 Å². The van der Waals surface area contributed by atoms with Crippen LogP contribution in [-0.2, 0) is 9.84 Å². The molecule has 1 aliphatic heterocycles. The summed E-state index contributed by atoms with van der Waals surface area (Å²) in [6.07, 6.45) is 0.634. The van der Waals surface area contributed by atoms with Crippen molar-refractivity contribution >= 4 is 9.84 Å². The van der Waals surface area contributed by atoms with Crippen LogP contribution in [0.3, 0.4) is 0 Å². The maximum atomic E-state index is 13.3. The van der Waals surface area contributed by atoms with Crippen LogP contribution in [0.4, 0.5) is 4.39 Å². The number of hydrogen-bond acceptors (Lipinski definition) is 4. The van der Waals surface area contributed by atoms with E-state index in [0.29, 0.717) is 18.5 Å². The predicted octanol–water partition coefficient (Wildman–Crippen LogP) is 1.25. The van der Waals surface area contributed by atoms with Crippen molar-refractivity contribution in [3.8, 4) is 0 Å². The van der Waals surface area contributed by atoms with Gasteiger partial charge in [-0.3, -0.25) is 4.90 Å². The van der Waals surface area contributed by atoms with Crippen LogP contribution >= 0.6 is 0 Å². The summed E-state index contributed by atoms with van der Waals surface area (Å²) >= 11 is 0. The maximum absolute atomic E-state index is 13.3. The lowest BCUT2D eigenvalue weighted by molar-refractivity contribution is 0.192. The molecule has 4 nitrogen and oxygen atoms in total. The number of benzene rings is 1. The number of sulfone groups is 1. The molecule has 1 saturated heterocycles. The van der Waals surface area contributed by atoms with E-state index in [-0.39, 0.29) is 29.4 Å². The molecular formula is C14H21FN2O2S. The molecule has 0 saturated carbocycles. The summed E-state index contributed by atoms with van der Waals surface area (Å²) in [5.41, 5.74) is 7.35. The molecule has 1 aliphatic rings. The molecule has 2 N–H and O–H groups in total. The highest BCUT2D eigenvalue weighted by Gasteiger charge is 2.33. The van der Waals surface area contributed by atoms with E-state index in [1.165, 1.54) is 6.07 Å². The first kappa shape index (κ1) is 15.4. The molecule has 20 heavy (non-hydrogen) atoms. The van der Waals surface area contributed by atoms with E-state index < -0.39 is 9.84 Å². The average Bonchev–Trinajstić information content (AvgIpc) is 2.75. The molecule has 0 spiro atoms. The smallest absolute Gasteiger partial charge is 0.151 e. The van der Waals surface area contributed by atoms with Crippen molar-refractivity contribution in [1.82, 2.24) is 4.90 Å². The standard InChI is InChI=1S/C14H21FN2O2S/c1-10-7-11(3-4-13(10)15)14(8-16)17(2)12-5-6-20(18,19)9-12/h3-4,7,12,14H,5-6,8-9,16H2,1-2H3. The monoisotopic (exact) mass is 300 g/mol. The van der Waals surface area contributed by atoms with Gasteiger partial charge in [0.15, 0.2) is 9.84 Å². The van der Waals surface area contributed by atoms with Gasteiger partial charge in [-0.2, -0.15) is 0 Å². The number of aryl methyl sites for hydroxylation is 1. The van der Waals surface area contributed by atoms with Crippen LogP contribution in [-0.4, -0.2) is 44.5 Å². The molecule has 0 aliphatic carbocycles. The van der Waals surface area contributed by atoms with Crippen molar-refractivity contribution in [2.45, 2.75) is 25.4 Å². The molecule has 6 heteroatoms. The second kappa shape index (κ2) is 5.79. The van der Waals surface area contributed by atoms with E-state index in [1.54, 1.807) is 19.1 Å². The van der Waals surface area contributed by atoms with Gasteiger partial charge in [-0.05, 0) is 37.6 Å². The van der Waals surface area contributed by atoms with Crippen LogP contribution in [0.1, 0.15) is 23.6 Å². The molecular weight excluding hydrogens is 279 g/mol. The summed E-state index contributed by atoms with van der Waals surface area (Å²) in [7, 11) is -1.03. The lowest BCUT2D eigenvalue weighted by Gasteiger charge is -2.32. The molecule has 0 amide bonds. The molecule has 1 fully saturated rings. The van der Waals surface area contributed by atoms with Crippen LogP contribution in [0.25, 0.3) is 0 Å². The molecule has 1 heterocycles. The second-order valence-corrected chi connectivity index (χ2v) is 7.71. The van der Waals surface area contributed by atoms with Crippen molar-refractivity contribution in [1.29, 1.82) is 0 Å².